The molecule has 0 atom stereocenters. The van der Waals surface area contributed by atoms with Crippen molar-refractivity contribution in [3.05, 3.63) is 99.1 Å². The standard InChI is InChI=1S/C26H23N5O2S/c1-17-9-10-22(33-17)24-18(15-31(29-24)19-6-3-2-4-7-19)14-30-12-11-21-20(16-30)26(32)28-25(27-21)23-8-5-13-34-23/h2-10,13,15H,11-12,14,16H2,1H3,(H,27,28,32). The van der Waals surface area contributed by atoms with Crippen molar-refractivity contribution in [2.75, 3.05) is 6.54 Å². The second-order valence-electron chi connectivity index (χ2n) is 8.47. The zero-order valence-electron chi connectivity index (χ0n) is 18.7. The summed E-state index contributed by atoms with van der Waals surface area (Å²) in [5.41, 5.74) is 4.45. The van der Waals surface area contributed by atoms with E-state index in [4.69, 9.17) is 14.5 Å². The Morgan fingerprint density at radius 3 is 2.76 bits per heavy atom. The van der Waals surface area contributed by atoms with Gasteiger partial charge in [0.05, 0.1) is 21.8 Å². The van der Waals surface area contributed by atoms with Crippen molar-refractivity contribution in [2.24, 2.45) is 0 Å². The van der Waals surface area contributed by atoms with Gasteiger partial charge in [0.25, 0.3) is 5.56 Å². The highest BCUT2D eigenvalue weighted by molar-refractivity contribution is 7.13. The highest BCUT2D eigenvalue weighted by atomic mass is 32.1. The van der Waals surface area contributed by atoms with Gasteiger partial charge in [-0.15, -0.1) is 11.3 Å². The van der Waals surface area contributed by atoms with E-state index in [0.29, 0.717) is 18.9 Å². The average Bonchev–Trinajstić information content (AvgIpc) is 3.61. The lowest BCUT2D eigenvalue weighted by Gasteiger charge is -2.27. The molecule has 1 aromatic carbocycles. The van der Waals surface area contributed by atoms with Gasteiger partial charge in [-0.2, -0.15) is 5.10 Å². The van der Waals surface area contributed by atoms with Crippen molar-refractivity contribution in [1.29, 1.82) is 0 Å². The molecule has 6 rings (SSSR count). The zero-order valence-corrected chi connectivity index (χ0v) is 19.5. The van der Waals surface area contributed by atoms with E-state index in [1.54, 1.807) is 11.3 Å². The van der Waals surface area contributed by atoms with Crippen molar-refractivity contribution >= 4 is 11.3 Å². The Morgan fingerprint density at radius 2 is 2.00 bits per heavy atom. The molecule has 8 heteroatoms. The monoisotopic (exact) mass is 469 g/mol. The summed E-state index contributed by atoms with van der Waals surface area (Å²) < 4.78 is 7.81. The van der Waals surface area contributed by atoms with Gasteiger partial charge < -0.3 is 9.40 Å². The van der Waals surface area contributed by atoms with Gasteiger partial charge in [0.1, 0.15) is 11.5 Å². The Labute approximate surface area is 200 Å². The van der Waals surface area contributed by atoms with Crippen molar-refractivity contribution < 1.29 is 4.42 Å². The molecule has 0 radical (unpaired) electrons. The van der Waals surface area contributed by atoms with Crippen molar-refractivity contribution in [3.8, 4) is 27.8 Å². The maximum absolute atomic E-state index is 12.9. The van der Waals surface area contributed by atoms with Gasteiger partial charge in [-0.05, 0) is 42.6 Å². The molecule has 0 saturated heterocycles. The number of benzene rings is 1. The summed E-state index contributed by atoms with van der Waals surface area (Å²) >= 11 is 1.58. The number of fused-ring (bicyclic) bond motifs is 1. The van der Waals surface area contributed by atoms with Crippen LogP contribution in [0.4, 0.5) is 0 Å². The molecular weight excluding hydrogens is 446 g/mol. The van der Waals surface area contributed by atoms with Crippen LogP contribution in [-0.4, -0.2) is 31.2 Å². The fraction of sp³-hybridized carbons (Fsp3) is 0.192. The number of aromatic amines is 1. The smallest absolute Gasteiger partial charge is 0.255 e. The molecule has 7 nitrogen and oxygen atoms in total. The minimum Gasteiger partial charge on any atom is -0.460 e. The largest absolute Gasteiger partial charge is 0.460 e. The maximum atomic E-state index is 12.9. The average molecular weight is 470 g/mol. The molecule has 170 valence electrons. The van der Waals surface area contributed by atoms with E-state index in [0.717, 1.165) is 57.6 Å². The fourth-order valence-electron chi connectivity index (χ4n) is 4.39. The molecule has 1 aliphatic rings. The van der Waals surface area contributed by atoms with E-state index >= 15 is 0 Å². The number of aromatic nitrogens is 4. The number of para-hydroxylation sites is 1. The number of H-pyrrole nitrogens is 1. The summed E-state index contributed by atoms with van der Waals surface area (Å²) in [6.07, 6.45) is 2.79. The number of aryl methyl sites for hydroxylation is 1. The van der Waals surface area contributed by atoms with E-state index in [1.165, 1.54) is 0 Å². The fourth-order valence-corrected chi connectivity index (χ4v) is 5.06. The molecular formula is C26H23N5O2S. The van der Waals surface area contributed by atoms with Crippen molar-refractivity contribution in [1.82, 2.24) is 24.6 Å². The van der Waals surface area contributed by atoms with Gasteiger partial charge in [0, 0.05) is 37.8 Å². The van der Waals surface area contributed by atoms with E-state index in [2.05, 4.69) is 16.1 Å². The normalized spacial score (nSPS) is 13.8. The van der Waals surface area contributed by atoms with Gasteiger partial charge >= 0.3 is 0 Å². The second kappa shape index (κ2) is 8.55. The molecule has 1 N–H and O–H groups in total. The van der Waals surface area contributed by atoms with E-state index in [9.17, 15) is 4.79 Å². The van der Waals surface area contributed by atoms with Gasteiger partial charge in [0.15, 0.2) is 11.6 Å². The van der Waals surface area contributed by atoms with Gasteiger partial charge in [0.2, 0.25) is 0 Å². The first-order valence-electron chi connectivity index (χ1n) is 11.2. The summed E-state index contributed by atoms with van der Waals surface area (Å²) in [7, 11) is 0. The first-order valence-corrected chi connectivity index (χ1v) is 12.1. The van der Waals surface area contributed by atoms with E-state index in [1.807, 2.05) is 71.6 Å². The van der Waals surface area contributed by atoms with Crippen LogP contribution in [0, 0.1) is 6.92 Å². The molecule has 0 spiro atoms. The summed E-state index contributed by atoms with van der Waals surface area (Å²) in [5, 5.41) is 6.84. The number of hydrogen-bond acceptors (Lipinski definition) is 6. The molecule has 0 saturated carbocycles. The Hall–Kier alpha value is -3.75. The Bertz CT molecular complexity index is 1500. The minimum absolute atomic E-state index is 0.0556. The van der Waals surface area contributed by atoms with Crippen LogP contribution in [0.3, 0.4) is 0 Å². The van der Waals surface area contributed by atoms with Crippen molar-refractivity contribution in [2.45, 2.75) is 26.4 Å². The van der Waals surface area contributed by atoms with Crippen LogP contribution < -0.4 is 5.56 Å². The molecule has 0 aliphatic carbocycles. The SMILES string of the molecule is Cc1ccc(-c2nn(-c3ccccc3)cc2CN2CCc3nc(-c4cccs4)[nH]c(=O)c3C2)o1. The minimum atomic E-state index is -0.0556. The summed E-state index contributed by atoms with van der Waals surface area (Å²) in [6.45, 7) is 3.96. The van der Waals surface area contributed by atoms with Gasteiger partial charge in [-0.25, -0.2) is 9.67 Å². The highest BCUT2D eigenvalue weighted by Gasteiger charge is 2.24. The summed E-state index contributed by atoms with van der Waals surface area (Å²) in [6, 6.07) is 17.9. The highest BCUT2D eigenvalue weighted by Crippen LogP contribution is 2.28. The maximum Gasteiger partial charge on any atom is 0.255 e. The first kappa shape index (κ1) is 20.8. The van der Waals surface area contributed by atoms with E-state index < -0.39 is 0 Å². The molecule has 5 heterocycles. The first-order chi connectivity index (χ1) is 16.6. The Balaban J connectivity index is 1.31. The van der Waals surface area contributed by atoms with Crippen LogP contribution in [0.1, 0.15) is 22.6 Å². The molecule has 1 aliphatic heterocycles. The van der Waals surface area contributed by atoms with Crippen molar-refractivity contribution in [3.63, 3.8) is 0 Å². The Kier molecular flexibility index (Phi) is 5.24. The van der Waals surface area contributed by atoms with Crippen LogP contribution in [-0.2, 0) is 19.5 Å². The number of nitrogens with one attached hydrogen (secondary N) is 1. The quantitative estimate of drug-likeness (QED) is 0.400. The lowest BCUT2D eigenvalue weighted by atomic mass is 10.1. The number of hydrogen-bond donors (Lipinski definition) is 1. The topological polar surface area (TPSA) is 80.0 Å². The predicted octanol–water partition coefficient (Wildman–Crippen LogP) is 4.81. The number of furan rings is 1. The predicted molar refractivity (Wildman–Crippen MR) is 132 cm³/mol. The molecule has 0 bridgehead atoms. The summed E-state index contributed by atoms with van der Waals surface area (Å²) in [5.74, 6) is 2.26. The zero-order chi connectivity index (χ0) is 23.1. The molecule has 0 unspecified atom stereocenters. The molecule has 4 aromatic heterocycles. The third-order valence-corrected chi connectivity index (χ3v) is 6.96. The number of thiophene rings is 1. The van der Waals surface area contributed by atoms with Crippen LogP contribution in [0.25, 0.3) is 27.8 Å². The molecule has 0 fully saturated rings. The Morgan fingerprint density at radius 1 is 1.12 bits per heavy atom. The van der Waals surface area contributed by atoms with Crippen LogP contribution in [0.15, 0.2) is 75.4 Å². The number of rotatable bonds is 5. The van der Waals surface area contributed by atoms with Crippen LogP contribution in [0.2, 0.25) is 0 Å². The number of nitrogens with zero attached hydrogens (tertiary/aromatic N) is 4. The lowest BCUT2D eigenvalue weighted by molar-refractivity contribution is 0.242. The van der Waals surface area contributed by atoms with Crippen LogP contribution in [0.5, 0.6) is 0 Å². The lowest BCUT2D eigenvalue weighted by Crippen LogP contribution is -2.35. The third kappa shape index (κ3) is 3.91. The van der Waals surface area contributed by atoms with E-state index in [-0.39, 0.29) is 5.56 Å². The summed E-state index contributed by atoms with van der Waals surface area (Å²) in [4.78, 5) is 23.9. The molecule has 0 amide bonds. The van der Waals surface area contributed by atoms with Gasteiger partial charge in [-0.1, -0.05) is 24.3 Å². The van der Waals surface area contributed by atoms with Crippen LogP contribution >= 0.6 is 11.3 Å². The third-order valence-electron chi connectivity index (χ3n) is 6.08. The second-order valence-corrected chi connectivity index (χ2v) is 9.42. The van der Waals surface area contributed by atoms with Gasteiger partial charge in [-0.3, -0.25) is 9.69 Å². The molecule has 5 aromatic rings. The molecule has 34 heavy (non-hydrogen) atoms.